The van der Waals surface area contributed by atoms with E-state index in [2.05, 4.69) is 4.98 Å². The average Bonchev–Trinajstić information content (AvgIpc) is 3.41. The second-order valence-electron chi connectivity index (χ2n) is 8.36. The number of para-hydroxylation sites is 1. The Kier molecular flexibility index (Phi) is 5.53. The summed E-state index contributed by atoms with van der Waals surface area (Å²) in [5.41, 5.74) is 3.31. The van der Waals surface area contributed by atoms with Crippen LogP contribution in [0.25, 0.3) is 16.7 Å². The van der Waals surface area contributed by atoms with E-state index in [0.29, 0.717) is 22.7 Å². The van der Waals surface area contributed by atoms with Gasteiger partial charge in [0.15, 0.2) is 0 Å². The van der Waals surface area contributed by atoms with Crippen molar-refractivity contribution in [2.45, 2.75) is 13.0 Å². The van der Waals surface area contributed by atoms with Gasteiger partial charge in [-0.3, -0.25) is 14.5 Å². The molecule has 1 unspecified atom stereocenters. The number of nitrogens with one attached hydrogen (secondary N) is 1. The molecule has 0 bridgehead atoms. The lowest BCUT2D eigenvalue weighted by Crippen LogP contribution is -2.29. The second-order valence-corrected chi connectivity index (χ2v) is 8.36. The van der Waals surface area contributed by atoms with Crippen LogP contribution >= 0.6 is 0 Å². The molecule has 4 aromatic rings. The quantitative estimate of drug-likeness (QED) is 0.241. The number of carbonyl (C=O) groups is 2. The van der Waals surface area contributed by atoms with Crippen molar-refractivity contribution in [1.82, 2.24) is 4.98 Å². The molecule has 1 aromatic heterocycles. The number of aromatic nitrogens is 1. The van der Waals surface area contributed by atoms with E-state index in [4.69, 9.17) is 9.47 Å². The monoisotopic (exact) mass is 468 g/mol. The standard InChI is InChI=1S/C28H24N2O5/c1-16-7-6-8-17(13-16)30-25(21-15-29-22-10-5-4-9-19(21)22)24(27(32)28(30)33)26(31)20-14-18(34-2)11-12-23(20)35-3/h4-15,25,29,31H,1-3H3/b26-24+. The first-order chi connectivity index (χ1) is 16.9. The van der Waals surface area contributed by atoms with Crippen LogP contribution < -0.4 is 14.4 Å². The number of aliphatic hydroxyl groups excluding tert-OH is 1. The first kappa shape index (κ1) is 22.3. The lowest BCUT2D eigenvalue weighted by Gasteiger charge is -2.25. The van der Waals surface area contributed by atoms with E-state index in [9.17, 15) is 14.7 Å². The molecule has 1 amide bonds. The van der Waals surface area contributed by atoms with Gasteiger partial charge in [0, 0.05) is 28.4 Å². The summed E-state index contributed by atoms with van der Waals surface area (Å²) >= 11 is 0. The molecule has 2 N–H and O–H groups in total. The van der Waals surface area contributed by atoms with Gasteiger partial charge in [-0.25, -0.2) is 0 Å². The van der Waals surface area contributed by atoms with E-state index >= 15 is 0 Å². The number of benzene rings is 3. The van der Waals surface area contributed by atoms with Gasteiger partial charge >= 0.3 is 0 Å². The fourth-order valence-electron chi connectivity index (χ4n) is 4.64. The Hall–Kier alpha value is -4.52. The van der Waals surface area contributed by atoms with Gasteiger partial charge in [-0.2, -0.15) is 0 Å². The van der Waals surface area contributed by atoms with Crippen LogP contribution in [0, 0.1) is 6.92 Å². The topological polar surface area (TPSA) is 91.9 Å². The zero-order valence-corrected chi connectivity index (χ0v) is 19.5. The fraction of sp³-hybridized carbons (Fsp3) is 0.143. The second kappa shape index (κ2) is 8.68. The molecule has 7 heteroatoms. The van der Waals surface area contributed by atoms with Gasteiger partial charge in [-0.15, -0.1) is 0 Å². The maximum absolute atomic E-state index is 13.5. The Morgan fingerprint density at radius 2 is 1.77 bits per heavy atom. The third-order valence-electron chi connectivity index (χ3n) is 6.30. The SMILES string of the molecule is COc1ccc(OC)c(/C(O)=C2\C(=O)C(=O)N(c3cccc(C)c3)C2c2c[nH]c3ccccc23)c1. The molecule has 1 aliphatic rings. The lowest BCUT2D eigenvalue weighted by atomic mass is 9.94. The number of amides is 1. The van der Waals surface area contributed by atoms with Crippen molar-refractivity contribution < 1.29 is 24.2 Å². The summed E-state index contributed by atoms with van der Waals surface area (Å²) < 4.78 is 10.8. The number of nitrogens with zero attached hydrogens (tertiary/aromatic N) is 1. The molecule has 1 atom stereocenters. The number of ether oxygens (including phenoxy) is 2. The van der Waals surface area contributed by atoms with Gasteiger partial charge in [-0.05, 0) is 48.9 Å². The van der Waals surface area contributed by atoms with E-state index < -0.39 is 17.7 Å². The summed E-state index contributed by atoms with van der Waals surface area (Å²) in [7, 11) is 2.98. The van der Waals surface area contributed by atoms with Crippen molar-refractivity contribution in [1.29, 1.82) is 0 Å². The van der Waals surface area contributed by atoms with Gasteiger partial charge < -0.3 is 19.6 Å². The molecular weight excluding hydrogens is 444 g/mol. The Morgan fingerprint density at radius 1 is 0.971 bits per heavy atom. The summed E-state index contributed by atoms with van der Waals surface area (Å²) in [6.07, 6.45) is 1.78. The smallest absolute Gasteiger partial charge is 0.300 e. The average molecular weight is 469 g/mol. The van der Waals surface area contributed by atoms with Crippen molar-refractivity contribution >= 4 is 34.0 Å². The minimum atomic E-state index is -0.858. The highest BCUT2D eigenvalue weighted by Crippen LogP contribution is 2.45. The van der Waals surface area contributed by atoms with Crippen LogP contribution in [0.1, 0.15) is 22.7 Å². The number of Topliss-reactive ketones (excluding diaryl/α,β-unsaturated/α-hetero) is 1. The number of rotatable bonds is 5. The predicted molar refractivity (Wildman–Crippen MR) is 134 cm³/mol. The van der Waals surface area contributed by atoms with Crippen LogP contribution in [-0.4, -0.2) is 36.0 Å². The molecule has 35 heavy (non-hydrogen) atoms. The van der Waals surface area contributed by atoms with Gasteiger partial charge in [-0.1, -0.05) is 30.3 Å². The van der Waals surface area contributed by atoms with E-state index in [1.807, 2.05) is 49.4 Å². The molecule has 0 spiro atoms. The summed E-state index contributed by atoms with van der Waals surface area (Å²) in [5.74, 6) is -0.991. The maximum atomic E-state index is 13.5. The number of anilines is 1. The Morgan fingerprint density at radius 3 is 2.51 bits per heavy atom. The molecule has 7 nitrogen and oxygen atoms in total. The summed E-state index contributed by atoms with van der Waals surface area (Å²) in [5, 5.41) is 12.4. The van der Waals surface area contributed by atoms with Crippen molar-refractivity contribution in [2.75, 3.05) is 19.1 Å². The molecule has 0 aliphatic carbocycles. The molecule has 0 radical (unpaired) electrons. The Balaban J connectivity index is 1.81. The molecule has 1 aliphatic heterocycles. The van der Waals surface area contributed by atoms with E-state index in [-0.39, 0.29) is 16.9 Å². The maximum Gasteiger partial charge on any atom is 0.300 e. The highest BCUT2D eigenvalue weighted by molar-refractivity contribution is 6.52. The molecular formula is C28H24N2O5. The molecule has 5 rings (SSSR count). The number of aromatic amines is 1. The largest absolute Gasteiger partial charge is 0.507 e. The summed E-state index contributed by atoms with van der Waals surface area (Å²) in [6, 6.07) is 19.1. The molecule has 1 saturated heterocycles. The lowest BCUT2D eigenvalue weighted by molar-refractivity contribution is -0.132. The highest BCUT2D eigenvalue weighted by Gasteiger charge is 2.48. The van der Waals surface area contributed by atoms with Crippen molar-refractivity contribution in [3.63, 3.8) is 0 Å². The van der Waals surface area contributed by atoms with Crippen LogP contribution in [0.5, 0.6) is 11.5 Å². The van der Waals surface area contributed by atoms with Gasteiger partial charge in [0.05, 0.1) is 31.4 Å². The van der Waals surface area contributed by atoms with Crippen LogP contribution in [-0.2, 0) is 9.59 Å². The summed E-state index contributed by atoms with van der Waals surface area (Å²) in [6.45, 7) is 1.92. The van der Waals surface area contributed by atoms with E-state index in [0.717, 1.165) is 16.5 Å². The molecule has 2 heterocycles. The van der Waals surface area contributed by atoms with E-state index in [1.54, 1.807) is 30.5 Å². The minimum absolute atomic E-state index is 0.0205. The highest BCUT2D eigenvalue weighted by atomic mass is 16.5. The Bertz CT molecular complexity index is 1500. The van der Waals surface area contributed by atoms with Crippen LogP contribution in [0.2, 0.25) is 0 Å². The molecule has 0 saturated carbocycles. The fourth-order valence-corrected chi connectivity index (χ4v) is 4.64. The summed E-state index contributed by atoms with van der Waals surface area (Å²) in [4.78, 5) is 31.6. The first-order valence-corrected chi connectivity index (χ1v) is 11.1. The number of methoxy groups -OCH3 is 2. The number of aliphatic hydroxyl groups is 1. The van der Waals surface area contributed by atoms with Crippen LogP contribution in [0.3, 0.4) is 0 Å². The van der Waals surface area contributed by atoms with Crippen LogP contribution in [0.15, 0.2) is 78.5 Å². The Labute approximate surface area is 202 Å². The first-order valence-electron chi connectivity index (χ1n) is 11.1. The number of fused-ring (bicyclic) bond motifs is 1. The molecule has 176 valence electrons. The minimum Gasteiger partial charge on any atom is -0.507 e. The van der Waals surface area contributed by atoms with Gasteiger partial charge in [0.2, 0.25) is 0 Å². The predicted octanol–water partition coefficient (Wildman–Crippen LogP) is 5.12. The van der Waals surface area contributed by atoms with E-state index in [1.165, 1.54) is 19.1 Å². The number of aryl methyl sites for hydroxylation is 1. The molecule has 3 aromatic carbocycles. The zero-order chi connectivity index (χ0) is 24.7. The molecule has 1 fully saturated rings. The van der Waals surface area contributed by atoms with Gasteiger partial charge in [0.1, 0.15) is 17.3 Å². The number of hydrogen-bond acceptors (Lipinski definition) is 5. The van der Waals surface area contributed by atoms with Crippen molar-refractivity contribution in [2.24, 2.45) is 0 Å². The normalized spacial score (nSPS) is 17.2. The third kappa shape index (κ3) is 3.61. The van der Waals surface area contributed by atoms with Crippen molar-refractivity contribution in [3.05, 3.63) is 95.2 Å². The van der Waals surface area contributed by atoms with Crippen LogP contribution in [0.4, 0.5) is 5.69 Å². The van der Waals surface area contributed by atoms with Gasteiger partial charge in [0.25, 0.3) is 11.7 Å². The third-order valence-corrected chi connectivity index (χ3v) is 6.30. The number of carbonyl (C=O) groups excluding carboxylic acids is 2. The van der Waals surface area contributed by atoms with Crippen molar-refractivity contribution in [3.8, 4) is 11.5 Å². The number of hydrogen-bond donors (Lipinski definition) is 2. The number of H-pyrrole nitrogens is 1. The zero-order valence-electron chi connectivity index (χ0n) is 19.5. The number of ketones is 1.